The van der Waals surface area contributed by atoms with E-state index in [4.69, 9.17) is 0 Å². The van der Waals surface area contributed by atoms with Crippen LogP contribution >= 0.6 is 11.8 Å². The van der Waals surface area contributed by atoms with Crippen LogP contribution < -0.4 is 10.6 Å². The predicted molar refractivity (Wildman–Crippen MR) is 89.7 cm³/mol. The Hall–Kier alpha value is -1.42. The first-order valence-corrected chi connectivity index (χ1v) is 8.70. The normalized spacial score (nSPS) is 14.4. The lowest BCUT2D eigenvalue weighted by molar-refractivity contribution is 0.241. The molecule has 1 aliphatic carbocycles. The maximum atomic E-state index is 11.6. The Bertz CT molecular complexity index is 459. The van der Waals surface area contributed by atoms with Gasteiger partial charge in [-0.05, 0) is 44.2 Å². The summed E-state index contributed by atoms with van der Waals surface area (Å²) in [4.78, 5) is 12.9. The standard InChI is InChI=1S/C17H24N2OS/c20-17(18-12-11-15-7-3-1-4-8-15)19-13-14-21-16-9-5-2-6-10-16/h2,5-7,9-10H,1,3-4,8,11-14H2,(H2,18,19,20). The number of benzene rings is 1. The minimum Gasteiger partial charge on any atom is -0.338 e. The van der Waals surface area contributed by atoms with Crippen molar-refractivity contribution in [3.05, 3.63) is 42.0 Å². The third-order valence-electron chi connectivity index (χ3n) is 3.52. The molecule has 0 aliphatic heterocycles. The van der Waals surface area contributed by atoms with Crippen molar-refractivity contribution in [2.75, 3.05) is 18.8 Å². The van der Waals surface area contributed by atoms with E-state index in [1.165, 1.54) is 36.2 Å². The van der Waals surface area contributed by atoms with Crippen molar-refractivity contribution >= 4 is 17.8 Å². The van der Waals surface area contributed by atoms with E-state index in [1.54, 1.807) is 11.8 Å². The zero-order valence-corrected chi connectivity index (χ0v) is 13.3. The molecule has 2 N–H and O–H groups in total. The quantitative estimate of drug-likeness (QED) is 0.455. The molecule has 114 valence electrons. The largest absolute Gasteiger partial charge is 0.338 e. The number of thioether (sulfide) groups is 1. The smallest absolute Gasteiger partial charge is 0.314 e. The third-order valence-corrected chi connectivity index (χ3v) is 4.53. The van der Waals surface area contributed by atoms with Crippen LogP contribution in [0.2, 0.25) is 0 Å². The zero-order valence-electron chi connectivity index (χ0n) is 12.4. The second-order valence-electron chi connectivity index (χ2n) is 5.20. The Kier molecular flexibility index (Phi) is 7.22. The van der Waals surface area contributed by atoms with E-state index in [9.17, 15) is 4.79 Å². The topological polar surface area (TPSA) is 41.1 Å². The molecule has 0 atom stereocenters. The fraction of sp³-hybridized carbons (Fsp3) is 0.471. The first-order valence-electron chi connectivity index (χ1n) is 7.72. The summed E-state index contributed by atoms with van der Waals surface area (Å²) < 4.78 is 0. The maximum absolute atomic E-state index is 11.6. The highest BCUT2D eigenvalue weighted by Crippen LogP contribution is 2.19. The number of hydrogen-bond donors (Lipinski definition) is 2. The average molecular weight is 304 g/mol. The molecule has 2 amide bonds. The van der Waals surface area contributed by atoms with Crippen LogP contribution in [0.3, 0.4) is 0 Å². The summed E-state index contributed by atoms with van der Waals surface area (Å²) >= 11 is 1.76. The minimum absolute atomic E-state index is 0.0555. The van der Waals surface area contributed by atoms with Gasteiger partial charge in [-0.15, -0.1) is 11.8 Å². The number of carbonyl (C=O) groups is 1. The highest BCUT2D eigenvalue weighted by Gasteiger charge is 2.04. The molecule has 0 bridgehead atoms. The van der Waals surface area contributed by atoms with Crippen LogP contribution in [0, 0.1) is 0 Å². The lowest BCUT2D eigenvalue weighted by Crippen LogP contribution is -2.37. The molecule has 0 fully saturated rings. The highest BCUT2D eigenvalue weighted by atomic mass is 32.2. The summed E-state index contributed by atoms with van der Waals surface area (Å²) in [5, 5.41) is 5.83. The number of hydrogen-bond acceptors (Lipinski definition) is 2. The van der Waals surface area contributed by atoms with E-state index < -0.39 is 0 Å². The lowest BCUT2D eigenvalue weighted by atomic mass is 9.97. The molecule has 0 unspecified atom stereocenters. The van der Waals surface area contributed by atoms with Crippen molar-refractivity contribution in [2.24, 2.45) is 0 Å². The van der Waals surface area contributed by atoms with Crippen molar-refractivity contribution in [2.45, 2.75) is 37.0 Å². The Labute approximate surface area is 131 Å². The number of carbonyl (C=O) groups excluding carboxylic acids is 1. The predicted octanol–water partition coefficient (Wildman–Crippen LogP) is 3.97. The van der Waals surface area contributed by atoms with Crippen LogP contribution in [0.5, 0.6) is 0 Å². The molecule has 1 aromatic rings. The Morgan fingerprint density at radius 1 is 1.10 bits per heavy atom. The first kappa shape index (κ1) is 16.0. The molecule has 3 nitrogen and oxygen atoms in total. The van der Waals surface area contributed by atoms with Crippen LogP contribution in [0.15, 0.2) is 46.9 Å². The zero-order chi connectivity index (χ0) is 14.8. The van der Waals surface area contributed by atoms with Gasteiger partial charge < -0.3 is 10.6 Å². The minimum atomic E-state index is -0.0555. The summed E-state index contributed by atoms with van der Waals surface area (Å²) in [6.45, 7) is 1.43. The molecule has 0 saturated carbocycles. The van der Waals surface area contributed by atoms with Gasteiger partial charge in [0.2, 0.25) is 0 Å². The number of allylic oxidation sites excluding steroid dienone is 1. The summed E-state index contributed by atoms with van der Waals surface area (Å²) in [7, 11) is 0. The highest BCUT2D eigenvalue weighted by molar-refractivity contribution is 7.99. The maximum Gasteiger partial charge on any atom is 0.314 e. The van der Waals surface area contributed by atoms with E-state index in [2.05, 4.69) is 28.8 Å². The number of rotatable bonds is 7. The van der Waals surface area contributed by atoms with Gasteiger partial charge >= 0.3 is 6.03 Å². The van der Waals surface area contributed by atoms with Crippen molar-refractivity contribution in [3.8, 4) is 0 Å². The molecule has 2 rings (SSSR count). The van der Waals surface area contributed by atoms with Crippen molar-refractivity contribution in [1.29, 1.82) is 0 Å². The molecule has 4 heteroatoms. The number of amides is 2. The summed E-state index contributed by atoms with van der Waals surface area (Å²) in [6, 6.07) is 10.2. The summed E-state index contributed by atoms with van der Waals surface area (Å²) in [6.07, 6.45) is 8.35. The van der Waals surface area contributed by atoms with Gasteiger partial charge in [0.25, 0.3) is 0 Å². The van der Waals surface area contributed by atoms with Gasteiger partial charge in [0, 0.05) is 23.7 Å². The molecular weight excluding hydrogens is 280 g/mol. The van der Waals surface area contributed by atoms with Crippen LogP contribution in [0.1, 0.15) is 32.1 Å². The summed E-state index contributed by atoms with van der Waals surface area (Å²) in [5.41, 5.74) is 1.50. The van der Waals surface area contributed by atoms with Gasteiger partial charge in [0.15, 0.2) is 0 Å². The fourth-order valence-electron chi connectivity index (χ4n) is 2.38. The molecule has 0 heterocycles. The second kappa shape index (κ2) is 9.50. The van der Waals surface area contributed by atoms with E-state index in [0.717, 1.165) is 18.7 Å². The third kappa shape index (κ3) is 6.71. The van der Waals surface area contributed by atoms with Gasteiger partial charge in [-0.25, -0.2) is 4.79 Å². The molecule has 0 aromatic heterocycles. The van der Waals surface area contributed by atoms with E-state index >= 15 is 0 Å². The molecule has 21 heavy (non-hydrogen) atoms. The Balaban J connectivity index is 1.50. The molecule has 0 saturated heterocycles. The van der Waals surface area contributed by atoms with Gasteiger partial charge in [-0.1, -0.05) is 29.8 Å². The van der Waals surface area contributed by atoms with Gasteiger partial charge in [0.05, 0.1) is 0 Å². The molecule has 0 radical (unpaired) electrons. The Morgan fingerprint density at radius 2 is 1.90 bits per heavy atom. The summed E-state index contributed by atoms with van der Waals surface area (Å²) in [5.74, 6) is 0.891. The average Bonchev–Trinajstić information content (AvgIpc) is 2.54. The van der Waals surface area contributed by atoms with E-state index in [1.807, 2.05) is 18.2 Å². The van der Waals surface area contributed by atoms with E-state index in [-0.39, 0.29) is 6.03 Å². The lowest BCUT2D eigenvalue weighted by Gasteiger charge is -2.13. The monoisotopic (exact) mass is 304 g/mol. The molecular formula is C17H24N2OS. The van der Waals surface area contributed by atoms with Crippen molar-refractivity contribution in [1.82, 2.24) is 10.6 Å². The van der Waals surface area contributed by atoms with Crippen LogP contribution in [-0.2, 0) is 0 Å². The van der Waals surface area contributed by atoms with Gasteiger partial charge in [0.1, 0.15) is 0 Å². The fourth-order valence-corrected chi connectivity index (χ4v) is 3.17. The second-order valence-corrected chi connectivity index (χ2v) is 6.37. The van der Waals surface area contributed by atoms with Crippen LogP contribution in [0.4, 0.5) is 4.79 Å². The SMILES string of the molecule is O=C(NCCSc1ccccc1)NCCC1=CCCCC1. The van der Waals surface area contributed by atoms with Crippen LogP contribution in [0.25, 0.3) is 0 Å². The molecule has 0 spiro atoms. The van der Waals surface area contributed by atoms with Crippen molar-refractivity contribution < 1.29 is 4.79 Å². The molecule has 1 aromatic carbocycles. The molecule has 1 aliphatic rings. The van der Waals surface area contributed by atoms with Crippen molar-refractivity contribution in [3.63, 3.8) is 0 Å². The Morgan fingerprint density at radius 3 is 2.67 bits per heavy atom. The van der Waals surface area contributed by atoms with Gasteiger partial charge in [-0.3, -0.25) is 0 Å². The van der Waals surface area contributed by atoms with Gasteiger partial charge in [-0.2, -0.15) is 0 Å². The first-order chi connectivity index (χ1) is 10.3. The number of urea groups is 1. The van der Waals surface area contributed by atoms with E-state index in [0.29, 0.717) is 6.54 Å². The number of nitrogens with one attached hydrogen (secondary N) is 2. The van der Waals surface area contributed by atoms with Crippen LogP contribution in [-0.4, -0.2) is 24.9 Å².